The predicted octanol–water partition coefficient (Wildman–Crippen LogP) is 8.34. The van der Waals surface area contributed by atoms with Crippen LogP contribution in [0.15, 0.2) is 0 Å². The number of unbranched alkanes of at least 4 members (excludes halogenated alkanes) is 18. The van der Waals surface area contributed by atoms with Gasteiger partial charge < -0.3 is 19.7 Å². The van der Waals surface area contributed by atoms with Crippen LogP contribution in [0.4, 0.5) is 0 Å². The molecule has 1 heterocycles. The fraction of sp³-hybridized carbons (Fsp3) is 1.00. The minimum absolute atomic E-state index is 0.802. The Balaban J connectivity index is 2.00. The minimum Gasteiger partial charge on any atom is -0.380 e. The van der Waals surface area contributed by atoms with Crippen LogP contribution in [0.2, 0.25) is 0 Å². The largest absolute Gasteiger partial charge is 0.380 e. The summed E-state index contributed by atoms with van der Waals surface area (Å²) in [6, 6.07) is 0. The van der Waals surface area contributed by atoms with E-state index in [9.17, 15) is 0 Å². The first-order valence-corrected chi connectivity index (χ1v) is 18.2. The van der Waals surface area contributed by atoms with Gasteiger partial charge in [0.15, 0.2) is 0 Å². The summed E-state index contributed by atoms with van der Waals surface area (Å²) < 4.78 is 13.3. The van der Waals surface area contributed by atoms with Gasteiger partial charge in [-0.1, -0.05) is 129 Å². The van der Waals surface area contributed by atoms with Gasteiger partial charge in [-0.05, 0) is 19.4 Å². The molecule has 1 fully saturated rings. The summed E-state index contributed by atoms with van der Waals surface area (Å²) in [6.45, 7) is 17.4. The summed E-state index contributed by atoms with van der Waals surface area (Å²) in [7, 11) is 0. The monoisotopic (exact) mass is 569 g/mol. The summed E-state index contributed by atoms with van der Waals surface area (Å²) in [5.41, 5.74) is 5.90. The molecule has 5 heteroatoms. The third-order valence-electron chi connectivity index (χ3n) is 9.16. The molecule has 0 spiro atoms. The third kappa shape index (κ3) is 22.4. The number of nitrogens with two attached hydrogens (primary N) is 1. The summed E-state index contributed by atoms with van der Waals surface area (Å²) >= 11 is 0. The van der Waals surface area contributed by atoms with Crippen molar-refractivity contribution in [1.29, 1.82) is 0 Å². The van der Waals surface area contributed by atoms with Crippen molar-refractivity contribution in [1.82, 2.24) is 4.90 Å². The Hall–Kier alpha value is -0.200. The number of piperazine rings is 1. The lowest BCUT2D eigenvalue weighted by molar-refractivity contribution is -0.932. The van der Waals surface area contributed by atoms with Crippen molar-refractivity contribution in [3.8, 4) is 0 Å². The van der Waals surface area contributed by atoms with E-state index in [1.54, 1.807) is 0 Å². The quantitative estimate of drug-likeness (QED) is 0.0674. The van der Waals surface area contributed by atoms with Crippen molar-refractivity contribution in [3.05, 3.63) is 0 Å². The summed E-state index contributed by atoms with van der Waals surface area (Å²) in [6.07, 6.45) is 28.8. The Kier molecular flexibility index (Phi) is 27.3. The SMILES string of the molecule is CCCCCCCCCCCCOCCN1CC[N+](CCCN)(CCOCCCCCCCCCCCC)CC1. The smallest absolute Gasteiger partial charge is 0.102 e. The van der Waals surface area contributed by atoms with E-state index in [1.807, 2.05) is 0 Å². The highest BCUT2D eigenvalue weighted by atomic mass is 16.5. The van der Waals surface area contributed by atoms with E-state index in [0.29, 0.717) is 0 Å². The molecule has 5 nitrogen and oxygen atoms in total. The predicted molar refractivity (Wildman–Crippen MR) is 175 cm³/mol. The van der Waals surface area contributed by atoms with E-state index < -0.39 is 0 Å². The third-order valence-corrected chi connectivity index (χ3v) is 9.16. The minimum atomic E-state index is 0.802. The first kappa shape index (κ1) is 37.8. The van der Waals surface area contributed by atoms with Crippen LogP contribution in [0, 0.1) is 0 Å². The molecule has 0 atom stereocenters. The van der Waals surface area contributed by atoms with Crippen LogP contribution in [-0.2, 0) is 9.47 Å². The number of rotatable bonds is 31. The average molecular weight is 569 g/mol. The summed E-state index contributed by atoms with van der Waals surface area (Å²) in [5.74, 6) is 0. The van der Waals surface area contributed by atoms with Crippen LogP contribution in [-0.4, -0.2) is 88.2 Å². The second-order valence-corrected chi connectivity index (χ2v) is 12.8. The topological polar surface area (TPSA) is 47.7 Å². The standard InChI is InChI=1S/C35H74N3O2/c1-3-5-7-9-11-13-15-17-19-21-32-39-34-27-37-25-29-38(30-26-37,28-23-24-36)31-35-40-33-22-20-18-16-14-12-10-8-6-4-2/h3-36H2,1-2H3/q+1. The van der Waals surface area contributed by atoms with Crippen LogP contribution in [0.1, 0.15) is 149 Å². The molecule has 1 saturated heterocycles. The highest BCUT2D eigenvalue weighted by Gasteiger charge is 2.32. The molecule has 0 radical (unpaired) electrons. The number of ether oxygens (including phenoxy) is 2. The van der Waals surface area contributed by atoms with Crippen molar-refractivity contribution in [2.45, 2.75) is 149 Å². The lowest BCUT2D eigenvalue weighted by Gasteiger charge is -2.45. The van der Waals surface area contributed by atoms with Crippen molar-refractivity contribution < 1.29 is 14.0 Å². The van der Waals surface area contributed by atoms with Gasteiger partial charge in [-0.25, -0.2) is 0 Å². The van der Waals surface area contributed by atoms with E-state index >= 15 is 0 Å². The first-order valence-electron chi connectivity index (χ1n) is 18.2. The first-order chi connectivity index (χ1) is 19.8. The van der Waals surface area contributed by atoms with Gasteiger partial charge in [0, 0.05) is 39.3 Å². The van der Waals surface area contributed by atoms with Gasteiger partial charge in [-0.2, -0.15) is 0 Å². The normalized spacial score (nSPS) is 15.7. The van der Waals surface area contributed by atoms with Crippen LogP contribution in [0.5, 0.6) is 0 Å². The highest BCUT2D eigenvalue weighted by molar-refractivity contribution is 4.65. The Morgan fingerprint density at radius 2 is 0.925 bits per heavy atom. The summed E-state index contributed by atoms with van der Waals surface area (Å²) in [5, 5.41) is 0. The maximum atomic E-state index is 6.11. The second-order valence-electron chi connectivity index (χ2n) is 12.8. The van der Waals surface area contributed by atoms with E-state index in [-0.39, 0.29) is 0 Å². The zero-order valence-corrected chi connectivity index (χ0v) is 27.6. The van der Waals surface area contributed by atoms with Crippen molar-refractivity contribution in [3.63, 3.8) is 0 Å². The molecule has 240 valence electrons. The van der Waals surface area contributed by atoms with Gasteiger partial charge in [0.05, 0.1) is 32.8 Å². The molecule has 0 aromatic rings. The molecule has 0 aliphatic carbocycles. The molecule has 0 bridgehead atoms. The van der Waals surface area contributed by atoms with Gasteiger partial charge in [-0.15, -0.1) is 0 Å². The molecule has 40 heavy (non-hydrogen) atoms. The van der Waals surface area contributed by atoms with E-state index in [4.69, 9.17) is 15.2 Å². The second kappa shape index (κ2) is 28.9. The fourth-order valence-corrected chi connectivity index (χ4v) is 6.18. The Morgan fingerprint density at radius 1 is 0.500 bits per heavy atom. The van der Waals surface area contributed by atoms with E-state index in [2.05, 4.69) is 18.7 Å². The molecular weight excluding hydrogens is 494 g/mol. The van der Waals surface area contributed by atoms with Gasteiger partial charge in [-0.3, -0.25) is 4.90 Å². The van der Waals surface area contributed by atoms with Crippen molar-refractivity contribution in [2.24, 2.45) is 5.73 Å². The zero-order valence-electron chi connectivity index (χ0n) is 27.6. The molecule has 1 rings (SSSR count). The molecule has 0 amide bonds. The van der Waals surface area contributed by atoms with Crippen LogP contribution in [0.25, 0.3) is 0 Å². The van der Waals surface area contributed by atoms with Crippen molar-refractivity contribution in [2.75, 3.05) is 78.8 Å². The molecule has 0 saturated carbocycles. The highest BCUT2D eigenvalue weighted by Crippen LogP contribution is 2.15. The molecule has 1 aliphatic heterocycles. The number of quaternary nitrogens is 1. The molecule has 1 aliphatic rings. The molecule has 0 unspecified atom stereocenters. The molecule has 2 N–H and O–H groups in total. The van der Waals surface area contributed by atoms with Gasteiger partial charge in [0.25, 0.3) is 0 Å². The van der Waals surface area contributed by atoms with E-state index in [1.165, 1.54) is 166 Å². The maximum absolute atomic E-state index is 6.11. The lowest BCUT2D eigenvalue weighted by atomic mass is 10.1. The summed E-state index contributed by atoms with van der Waals surface area (Å²) in [4.78, 5) is 2.61. The maximum Gasteiger partial charge on any atom is 0.102 e. The molecule has 0 aromatic carbocycles. The van der Waals surface area contributed by atoms with Gasteiger partial charge >= 0.3 is 0 Å². The number of hydrogen-bond donors (Lipinski definition) is 1. The average Bonchev–Trinajstić information content (AvgIpc) is 2.98. The fourth-order valence-electron chi connectivity index (χ4n) is 6.18. The molecule has 0 aromatic heterocycles. The van der Waals surface area contributed by atoms with Gasteiger partial charge in [0.1, 0.15) is 6.54 Å². The van der Waals surface area contributed by atoms with Crippen LogP contribution >= 0.6 is 0 Å². The molecular formula is C35H74N3O2+. The van der Waals surface area contributed by atoms with Gasteiger partial charge in [0.2, 0.25) is 0 Å². The van der Waals surface area contributed by atoms with Crippen LogP contribution in [0.3, 0.4) is 0 Å². The Morgan fingerprint density at radius 3 is 1.38 bits per heavy atom. The van der Waals surface area contributed by atoms with Crippen molar-refractivity contribution >= 4 is 0 Å². The zero-order chi connectivity index (χ0) is 28.8. The van der Waals surface area contributed by atoms with E-state index in [0.717, 1.165) is 52.5 Å². The lowest BCUT2D eigenvalue weighted by Crippen LogP contribution is -2.61. The Labute approximate surface area is 251 Å². The van der Waals surface area contributed by atoms with Crippen LogP contribution < -0.4 is 5.73 Å². The number of nitrogens with zero attached hydrogens (tertiary/aromatic N) is 2. The number of hydrogen-bond acceptors (Lipinski definition) is 4. The Bertz CT molecular complexity index is 497.